The number of aromatic nitrogens is 2. The quantitative estimate of drug-likeness (QED) is 0.753. The van der Waals surface area contributed by atoms with Crippen LogP contribution in [-0.2, 0) is 21.2 Å². The van der Waals surface area contributed by atoms with Crippen molar-refractivity contribution in [2.45, 2.75) is 50.2 Å². The third-order valence-electron chi connectivity index (χ3n) is 5.55. The summed E-state index contributed by atoms with van der Waals surface area (Å²) in [6.45, 7) is 2.59. The minimum absolute atomic E-state index is 0.199. The van der Waals surface area contributed by atoms with Crippen molar-refractivity contribution in [2.75, 3.05) is 13.1 Å². The number of hydrogen-bond donors (Lipinski definition) is 0. The molecule has 1 saturated heterocycles. The van der Waals surface area contributed by atoms with Crippen LogP contribution in [0.4, 0.5) is 4.39 Å². The third kappa shape index (κ3) is 4.06. The fraction of sp³-hybridized carbons (Fsp3) is 0.579. The van der Waals surface area contributed by atoms with E-state index in [9.17, 15) is 12.8 Å². The van der Waals surface area contributed by atoms with E-state index >= 15 is 0 Å². The first kappa shape index (κ1) is 18.6. The van der Waals surface area contributed by atoms with E-state index in [1.807, 2.05) is 0 Å². The fourth-order valence-corrected chi connectivity index (χ4v) is 5.72. The molecular formula is C19H24FN3O3S. The third-order valence-corrected chi connectivity index (χ3v) is 7.35. The van der Waals surface area contributed by atoms with Crippen molar-refractivity contribution in [3.8, 4) is 0 Å². The number of aryl methyl sites for hydroxylation is 1. The molecule has 0 radical (unpaired) electrons. The highest BCUT2D eigenvalue weighted by Crippen LogP contribution is 2.46. The molecule has 6 nitrogen and oxygen atoms in total. The van der Waals surface area contributed by atoms with Crippen molar-refractivity contribution < 1.29 is 17.3 Å². The van der Waals surface area contributed by atoms with Crippen molar-refractivity contribution in [1.29, 1.82) is 0 Å². The van der Waals surface area contributed by atoms with Crippen LogP contribution in [0.3, 0.4) is 0 Å². The van der Waals surface area contributed by atoms with Gasteiger partial charge in [0.15, 0.2) is 5.82 Å². The molecule has 1 aliphatic carbocycles. The van der Waals surface area contributed by atoms with Gasteiger partial charge in [-0.2, -0.15) is 4.98 Å². The average Bonchev–Trinajstić information content (AvgIpc) is 3.31. The Morgan fingerprint density at radius 3 is 2.85 bits per heavy atom. The van der Waals surface area contributed by atoms with E-state index in [4.69, 9.17) is 4.52 Å². The first-order valence-electron chi connectivity index (χ1n) is 9.39. The maximum atomic E-state index is 13.4. The maximum absolute atomic E-state index is 13.4. The summed E-state index contributed by atoms with van der Waals surface area (Å²) < 4.78 is 46.2. The Bertz CT molecular complexity index is 926. The zero-order valence-corrected chi connectivity index (χ0v) is 16.2. The number of sulfonamides is 1. The van der Waals surface area contributed by atoms with Crippen molar-refractivity contribution in [2.24, 2.45) is 5.92 Å². The highest BCUT2D eigenvalue weighted by atomic mass is 32.2. The Morgan fingerprint density at radius 1 is 1.37 bits per heavy atom. The molecule has 0 N–H and O–H groups in total. The summed E-state index contributed by atoms with van der Waals surface area (Å²) in [6.07, 6.45) is 4.85. The molecule has 1 atom stereocenters. The Labute approximate surface area is 158 Å². The summed E-state index contributed by atoms with van der Waals surface area (Å²) in [4.78, 5) is 4.45. The summed E-state index contributed by atoms with van der Waals surface area (Å²) in [5.74, 6) is 1.11. The van der Waals surface area contributed by atoms with E-state index in [-0.39, 0.29) is 5.75 Å². The van der Waals surface area contributed by atoms with Gasteiger partial charge >= 0.3 is 0 Å². The molecule has 1 aromatic carbocycles. The number of halogens is 1. The number of hydrogen-bond acceptors (Lipinski definition) is 5. The van der Waals surface area contributed by atoms with Gasteiger partial charge in [0.1, 0.15) is 5.82 Å². The zero-order valence-electron chi connectivity index (χ0n) is 15.4. The topological polar surface area (TPSA) is 76.3 Å². The summed E-state index contributed by atoms with van der Waals surface area (Å²) in [5, 5.41) is 4.15. The van der Waals surface area contributed by atoms with Crippen molar-refractivity contribution in [3.05, 3.63) is 47.4 Å². The molecule has 2 aromatic rings. The second-order valence-corrected chi connectivity index (χ2v) is 9.86. The van der Waals surface area contributed by atoms with E-state index in [1.54, 1.807) is 13.0 Å². The largest absolute Gasteiger partial charge is 0.340 e. The Balaban J connectivity index is 1.59. The van der Waals surface area contributed by atoms with Crippen LogP contribution in [0.25, 0.3) is 0 Å². The Morgan fingerprint density at radius 2 is 2.19 bits per heavy atom. The molecule has 2 aliphatic rings. The van der Waals surface area contributed by atoms with Gasteiger partial charge in [-0.1, -0.05) is 30.1 Å². The predicted octanol–water partition coefficient (Wildman–Crippen LogP) is 3.18. The zero-order chi connectivity index (χ0) is 19.1. The van der Waals surface area contributed by atoms with Crippen molar-refractivity contribution in [3.63, 3.8) is 0 Å². The number of rotatable bonds is 6. The predicted molar refractivity (Wildman–Crippen MR) is 97.9 cm³/mol. The molecule has 2 heterocycles. The molecule has 4 rings (SSSR count). The average molecular weight is 393 g/mol. The Kier molecular flexibility index (Phi) is 4.80. The highest BCUT2D eigenvalue weighted by molar-refractivity contribution is 7.88. The monoisotopic (exact) mass is 393 g/mol. The minimum atomic E-state index is -3.56. The van der Waals surface area contributed by atoms with Gasteiger partial charge in [-0.25, -0.2) is 17.1 Å². The normalized spacial score (nSPS) is 24.2. The van der Waals surface area contributed by atoms with E-state index in [0.717, 1.165) is 19.3 Å². The molecule has 0 bridgehead atoms. The van der Waals surface area contributed by atoms with Gasteiger partial charge in [0.2, 0.25) is 15.9 Å². The molecule has 1 saturated carbocycles. The number of piperidine rings is 1. The van der Waals surface area contributed by atoms with Gasteiger partial charge in [0, 0.05) is 25.4 Å². The van der Waals surface area contributed by atoms with Gasteiger partial charge in [0.05, 0.1) is 5.75 Å². The lowest BCUT2D eigenvalue weighted by molar-refractivity contribution is 0.190. The SMILES string of the molecule is Cc1nc(C2(CC3CC3)CCCN(S(=O)(=O)Cc3cccc(F)c3)C2)no1. The van der Waals surface area contributed by atoms with E-state index in [0.29, 0.717) is 36.3 Å². The van der Waals surface area contributed by atoms with Gasteiger partial charge in [-0.05, 0) is 42.9 Å². The van der Waals surface area contributed by atoms with Gasteiger partial charge in [0.25, 0.3) is 0 Å². The molecule has 1 unspecified atom stereocenters. The smallest absolute Gasteiger partial charge is 0.223 e. The summed E-state index contributed by atoms with van der Waals surface area (Å²) in [6, 6.07) is 5.78. The molecule has 8 heteroatoms. The molecule has 1 aliphatic heterocycles. The van der Waals surface area contributed by atoms with Crippen LogP contribution in [0, 0.1) is 18.7 Å². The van der Waals surface area contributed by atoms with E-state index in [1.165, 1.54) is 35.3 Å². The van der Waals surface area contributed by atoms with Gasteiger partial charge in [-0.15, -0.1) is 0 Å². The van der Waals surface area contributed by atoms with Crippen molar-refractivity contribution in [1.82, 2.24) is 14.4 Å². The standard InChI is InChI=1S/C19H24FN3O3S/c1-14-21-18(22-26-14)19(11-15-6-7-15)8-3-9-23(13-19)27(24,25)12-16-4-2-5-17(20)10-16/h2,4-5,10,15H,3,6-9,11-13H2,1H3. The van der Waals surface area contributed by atoms with Crippen LogP contribution in [0.1, 0.15) is 49.4 Å². The molecular weight excluding hydrogens is 369 g/mol. The minimum Gasteiger partial charge on any atom is -0.340 e. The molecule has 1 aromatic heterocycles. The van der Waals surface area contributed by atoms with E-state index < -0.39 is 21.3 Å². The first-order chi connectivity index (χ1) is 12.9. The molecule has 27 heavy (non-hydrogen) atoms. The van der Waals surface area contributed by atoms with E-state index in [2.05, 4.69) is 10.1 Å². The summed E-state index contributed by atoms with van der Waals surface area (Å²) in [7, 11) is -3.56. The molecule has 0 amide bonds. The van der Waals surface area contributed by atoms with Crippen LogP contribution >= 0.6 is 0 Å². The second kappa shape index (κ2) is 6.98. The maximum Gasteiger partial charge on any atom is 0.223 e. The molecule has 146 valence electrons. The van der Waals surface area contributed by atoms with Gasteiger partial charge < -0.3 is 4.52 Å². The number of benzene rings is 1. The van der Waals surface area contributed by atoms with Crippen LogP contribution in [-0.4, -0.2) is 36.0 Å². The fourth-order valence-electron chi connectivity index (χ4n) is 4.09. The van der Waals surface area contributed by atoms with Gasteiger partial charge in [-0.3, -0.25) is 0 Å². The lowest BCUT2D eigenvalue weighted by Gasteiger charge is -2.40. The number of nitrogens with zero attached hydrogens (tertiary/aromatic N) is 3. The lowest BCUT2D eigenvalue weighted by atomic mass is 9.75. The summed E-state index contributed by atoms with van der Waals surface area (Å²) >= 11 is 0. The van der Waals surface area contributed by atoms with Crippen molar-refractivity contribution >= 4 is 10.0 Å². The highest BCUT2D eigenvalue weighted by Gasteiger charge is 2.46. The lowest BCUT2D eigenvalue weighted by Crippen LogP contribution is -2.49. The van der Waals surface area contributed by atoms with Crippen LogP contribution in [0.5, 0.6) is 0 Å². The molecule has 0 spiro atoms. The van der Waals surface area contributed by atoms with Crippen LogP contribution < -0.4 is 0 Å². The molecule has 2 fully saturated rings. The van der Waals surface area contributed by atoms with Crippen LogP contribution in [0.15, 0.2) is 28.8 Å². The second-order valence-electron chi connectivity index (χ2n) is 7.89. The Hall–Kier alpha value is -1.80. The van der Waals surface area contributed by atoms with Crippen LogP contribution in [0.2, 0.25) is 0 Å². The summed E-state index contributed by atoms with van der Waals surface area (Å²) in [5.41, 5.74) is 0.0652. The first-order valence-corrected chi connectivity index (χ1v) is 11.0.